The van der Waals surface area contributed by atoms with Crippen molar-refractivity contribution < 1.29 is 0 Å². The first kappa shape index (κ1) is 11.8. The van der Waals surface area contributed by atoms with Gasteiger partial charge in [0.2, 0.25) is 0 Å². The number of nitrogens with one attached hydrogen (secondary N) is 2. The first-order valence-electron chi connectivity index (χ1n) is 5.90. The van der Waals surface area contributed by atoms with E-state index >= 15 is 0 Å². The van der Waals surface area contributed by atoms with E-state index in [4.69, 9.17) is 0 Å². The normalized spacial score (nSPS) is 12.6. The summed E-state index contributed by atoms with van der Waals surface area (Å²) in [7, 11) is 0. The minimum atomic E-state index is 0.360. The predicted octanol–water partition coefficient (Wildman–Crippen LogP) is 2.01. The van der Waals surface area contributed by atoms with Crippen molar-refractivity contribution in [3.8, 4) is 0 Å². The number of aryl methyl sites for hydroxylation is 1. The Bertz CT molecular complexity index is 433. The van der Waals surface area contributed by atoms with Crippen LogP contribution in [0.25, 0.3) is 0 Å². The number of rotatable bonds is 5. The van der Waals surface area contributed by atoms with E-state index in [2.05, 4.69) is 58.6 Å². The smallest absolute Gasteiger partial charge is 0.137 e. The summed E-state index contributed by atoms with van der Waals surface area (Å²) < 4.78 is 0. The molecular weight excluding hydrogens is 212 g/mol. The van der Waals surface area contributed by atoms with Gasteiger partial charge < -0.3 is 5.32 Å². The second kappa shape index (κ2) is 5.59. The van der Waals surface area contributed by atoms with E-state index in [0.717, 1.165) is 18.8 Å². The molecule has 4 heteroatoms. The highest BCUT2D eigenvalue weighted by atomic mass is 15.2. The first-order valence-corrected chi connectivity index (χ1v) is 5.90. The van der Waals surface area contributed by atoms with Crippen LogP contribution in [0, 0.1) is 6.92 Å². The van der Waals surface area contributed by atoms with Crippen molar-refractivity contribution >= 4 is 0 Å². The number of aromatic nitrogens is 3. The third-order valence-electron chi connectivity index (χ3n) is 2.85. The lowest BCUT2D eigenvalue weighted by molar-refractivity contribution is 0.570. The highest BCUT2D eigenvalue weighted by molar-refractivity contribution is 5.23. The zero-order chi connectivity index (χ0) is 12.1. The molecule has 1 aromatic heterocycles. The molecular formula is C13H18N4. The van der Waals surface area contributed by atoms with Gasteiger partial charge in [-0.1, -0.05) is 29.8 Å². The molecule has 0 fully saturated rings. The Morgan fingerprint density at radius 1 is 1.29 bits per heavy atom. The summed E-state index contributed by atoms with van der Waals surface area (Å²) in [5.41, 5.74) is 2.61. The lowest BCUT2D eigenvalue weighted by Crippen LogP contribution is -2.21. The van der Waals surface area contributed by atoms with Crippen LogP contribution in [0.2, 0.25) is 0 Å². The maximum absolute atomic E-state index is 4.09. The number of benzene rings is 1. The van der Waals surface area contributed by atoms with Gasteiger partial charge >= 0.3 is 0 Å². The van der Waals surface area contributed by atoms with Crippen molar-refractivity contribution in [2.75, 3.05) is 6.54 Å². The molecule has 0 saturated carbocycles. The fourth-order valence-corrected chi connectivity index (χ4v) is 1.73. The van der Waals surface area contributed by atoms with E-state index in [0.29, 0.717) is 6.04 Å². The molecule has 0 aliphatic rings. The van der Waals surface area contributed by atoms with E-state index in [1.807, 2.05) is 0 Å². The summed E-state index contributed by atoms with van der Waals surface area (Å²) in [5, 5.41) is 10.1. The molecule has 17 heavy (non-hydrogen) atoms. The van der Waals surface area contributed by atoms with Crippen LogP contribution in [-0.2, 0) is 6.42 Å². The molecule has 1 heterocycles. The Labute approximate surface area is 101 Å². The van der Waals surface area contributed by atoms with Crippen molar-refractivity contribution in [3.05, 3.63) is 47.5 Å². The van der Waals surface area contributed by atoms with Crippen molar-refractivity contribution in [2.45, 2.75) is 26.3 Å². The predicted molar refractivity (Wildman–Crippen MR) is 67.7 cm³/mol. The van der Waals surface area contributed by atoms with E-state index in [-0.39, 0.29) is 0 Å². The van der Waals surface area contributed by atoms with Crippen molar-refractivity contribution in [2.24, 2.45) is 0 Å². The van der Waals surface area contributed by atoms with Crippen LogP contribution >= 0.6 is 0 Å². The first-order chi connectivity index (χ1) is 8.25. The van der Waals surface area contributed by atoms with E-state index < -0.39 is 0 Å². The summed E-state index contributed by atoms with van der Waals surface area (Å²) in [6, 6.07) is 8.98. The minimum Gasteiger partial charge on any atom is -0.310 e. The molecule has 1 unspecified atom stereocenters. The van der Waals surface area contributed by atoms with Gasteiger partial charge in [-0.2, -0.15) is 5.10 Å². The fourth-order valence-electron chi connectivity index (χ4n) is 1.73. The van der Waals surface area contributed by atoms with Crippen molar-refractivity contribution in [1.29, 1.82) is 0 Å². The fraction of sp³-hybridized carbons (Fsp3) is 0.385. The quantitative estimate of drug-likeness (QED) is 0.826. The maximum Gasteiger partial charge on any atom is 0.137 e. The number of nitrogens with zero attached hydrogens (tertiary/aromatic N) is 2. The minimum absolute atomic E-state index is 0.360. The summed E-state index contributed by atoms with van der Waals surface area (Å²) in [6.45, 7) is 5.17. The largest absolute Gasteiger partial charge is 0.310 e. The summed E-state index contributed by atoms with van der Waals surface area (Å²) in [5.74, 6) is 0.925. The molecule has 2 rings (SSSR count). The Hall–Kier alpha value is -1.68. The second-order valence-electron chi connectivity index (χ2n) is 4.27. The third-order valence-corrected chi connectivity index (χ3v) is 2.85. The van der Waals surface area contributed by atoms with Gasteiger partial charge in [0.05, 0.1) is 0 Å². The molecule has 90 valence electrons. The van der Waals surface area contributed by atoms with Crippen LogP contribution in [-0.4, -0.2) is 21.7 Å². The summed E-state index contributed by atoms with van der Waals surface area (Å²) in [6.07, 6.45) is 2.41. The highest BCUT2D eigenvalue weighted by Gasteiger charge is 2.04. The molecule has 0 aliphatic carbocycles. The highest BCUT2D eigenvalue weighted by Crippen LogP contribution is 2.12. The van der Waals surface area contributed by atoms with Gasteiger partial charge in [0, 0.05) is 19.0 Å². The van der Waals surface area contributed by atoms with Gasteiger partial charge in [0.25, 0.3) is 0 Å². The average molecular weight is 230 g/mol. The Kier molecular flexibility index (Phi) is 3.88. The molecule has 0 bridgehead atoms. The van der Waals surface area contributed by atoms with Gasteiger partial charge in [-0.05, 0) is 19.4 Å². The van der Waals surface area contributed by atoms with E-state index in [9.17, 15) is 0 Å². The van der Waals surface area contributed by atoms with Crippen molar-refractivity contribution in [1.82, 2.24) is 20.5 Å². The SMILES string of the molecule is Cc1ccc(C(C)NCCc2ncn[nH]2)cc1. The molecule has 0 aliphatic heterocycles. The van der Waals surface area contributed by atoms with E-state index in [1.54, 1.807) is 6.33 Å². The zero-order valence-corrected chi connectivity index (χ0v) is 10.3. The zero-order valence-electron chi connectivity index (χ0n) is 10.3. The van der Waals surface area contributed by atoms with Gasteiger partial charge in [-0.25, -0.2) is 4.98 Å². The van der Waals surface area contributed by atoms with Crippen LogP contribution in [0.5, 0.6) is 0 Å². The summed E-state index contributed by atoms with van der Waals surface area (Å²) in [4.78, 5) is 4.09. The standard InChI is InChI=1S/C13H18N4/c1-10-3-5-12(6-4-10)11(2)14-8-7-13-15-9-16-17-13/h3-6,9,11,14H,7-8H2,1-2H3,(H,15,16,17). The molecule has 0 amide bonds. The molecule has 1 aromatic carbocycles. The molecule has 0 spiro atoms. The monoisotopic (exact) mass is 230 g/mol. The van der Waals surface area contributed by atoms with E-state index in [1.165, 1.54) is 11.1 Å². The molecule has 2 aromatic rings. The second-order valence-corrected chi connectivity index (χ2v) is 4.27. The maximum atomic E-state index is 4.09. The Morgan fingerprint density at radius 3 is 2.71 bits per heavy atom. The number of hydrogen-bond donors (Lipinski definition) is 2. The lowest BCUT2D eigenvalue weighted by atomic mass is 10.1. The Balaban J connectivity index is 1.81. The Morgan fingerprint density at radius 2 is 2.06 bits per heavy atom. The van der Waals surface area contributed by atoms with Gasteiger partial charge in [0.1, 0.15) is 12.2 Å². The van der Waals surface area contributed by atoms with Crippen LogP contribution in [0.1, 0.15) is 29.9 Å². The van der Waals surface area contributed by atoms with Gasteiger partial charge in [0.15, 0.2) is 0 Å². The molecule has 0 saturated heterocycles. The van der Waals surface area contributed by atoms with Gasteiger partial charge in [-0.3, -0.25) is 5.10 Å². The van der Waals surface area contributed by atoms with Crippen LogP contribution < -0.4 is 5.32 Å². The number of aromatic amines is 1. The lowest BCUT2D eigenvalue weighted by Gasteiger charge is -2.13. The third kappa shape index (κ3) is 3.39. The molecule has 2 N–H and O–H groups in total. The number of H-pyrrole nitrogens is 1. The molecule has 1 atom stereocenters. The van der Waals surface area contributed by atoms with Gasteiger partial charge in [-0.15, -0.1) is 0 Å². The van der Waals surface area contributed by atoms with Crippen molar-refractivity contribution in [3.63, 3.8) is 0 Å². The van der Waals surface area contributed by atoms with Crippen LogP contribution in [0.4, 0.5) is 0 Å². The number of hydrogen-bond acceptors (Lipinski definition) is 3. The van der Waals surface area contributed by atoms with Crippen LogP contribution in [0.3, 0.4) is 0 Å². The topological polar surface area (TPSA) is 53.6 Å². The van der Waals surface area contributed by atoms with Crippen LogP contribution in [0.15, 0.2) is 30.6 Å². The average Bonchev–Trinajstić information content (AvgIpc) is 2.83. The molecule has 4 nitrogen and oxygen atoms in total. The summed E-state index contributed by atoms with van der Waals surface area (Å²) >= 11 is 0. The molecule has 0 radical (unpaired) electrons.